The first-order chi connectivity index (χ1) is 13.8. The first-order valence-electron chi connectivity index (χ1n) is 8.93. The summed E-state index contributed by atoms with van der Waals surface area (Å²) >= 11 is 6.02. The minimum atomic E-state index is -4.08. The number of carbonyl (C=O) groups is 1. The second kappa shape index (κ2) is 10.6. The SMILES string of the molecule is COC[C@@H](C)NC(=O)CN(Cc1ccccc1)S(=O)(=O)c1cc(Cl)ccc1OC. The Labute approximate surface area is 176 Å². The lowest BCUT2D eigenvalue weighted by Gasteiger charge is -2.24. The topological polar surface area (TPSA) is 84.9 Å². The van der Waals surface area contributed by atoms with E-state index in [1.54, 1.807) is 37.3 Å². The number of sulfonamides is 1. The van der Waals surface area contributed by atoms with Crippen LogP contribution in [0.4, 0.5) is 0 Å². The molecule has 29 heavy (non-hydrogen) atoms. The highest BCUT2D eigenvalue weighted by molar-refractivity contribution is 7.89. The van der Waals surface area contributed by atoms with E-state index in [2.05, 4.69) is 5.32 Å². The maximum Gasteiger partial charge on any atom is 0.247 e. The van der Waals surface area contributed by atoms with Crippen LogP contribution in [0, 0.1) is 0 Å². The molecular formula is C20H25ClN2O5S. The average Bonchev–Trinajstić information content (AvgIpc) is 2.68. The van der Waals surface area contributed by atoms with Gasteiger partial charge in [-0.25, -0.2) is 8.42 Å². The lowest BCUT2D eigenvalue weighted by atomic mass is 10.2. The summed E-state index contributed by atoms with van der Waals surface area (Å²) in [6.45, 7) is 1.75. The summed E-state index contributed by atoms with van der Waals surface area (Å²) in [4.78, 5) is 12.4. The van der Waals surface area contributed by atoms with Crippen LogP contribution in [-0.2, 0) is 26.1 Å². The molecule has 1 atom stereocenters. The van der Waals surface area contributed by atoms with Crippen molar-refractivity contribution in [2.75, 3.05) is 27.4 Å². The molecule has 0 saturated carbocycles. The fraction of sp³-hybridized carbons (Fsp3) is 0.350. The second-order valence-electron chi connectivity index (χ2n) is 6.48. The molecule has 2 rings (SSSR count). The van der Waals surface area contributed by atoms with Crippen molar-refractivity contribution in [3.63, 3.8) is 0 Å². The molecule has 1 amide bonds. The van der Waals surface area contributed by atoms with E-state index in [0.29, 0.717) is 6.61 Å². The van der Waals surface area contributed by atoms with E-state index in [0.717, 1.165) is 9.87 Å². The minimum absolute atomic E-state index is 0.0188. The quantitative estimate of drug-likeness (QED) is 0.614. The van der Waals surface area contributed by atoms with E-state index in [4.69, 9.17) is 21.1 Å². The first-order valence-corrected chi connectivity index (χ1v) is 10.8. The van der Waals surface area contributed by atoms with Crippen molar-refractivity contribution < 1.29 is 22.7 Å². The summed E-state index contributed by atoms with van der Waals surface area (Å²) in [7, 11) is -1.17. The molecule has 0 radical (unpaired) electrons. The molecule has 2 aromatic rings. The maximum atomic E-state index is 13.4. The number of rotatable bonds is 10. The third-order valence-corrected chi connectivity index (χ3v) is 6.14. The van der Waals surface area contributed by atoms with Crippen molar-refractivity contribution in [2.45, 2.75) is 24.4 Å². The Bertz CT molecular complexity index is 922. The van der Waals surface area contributed by atoms with Gasteiger partial charge in [-0.2, -0.15) is 4.31 Å². The van der Waals surface area contributed by atoms with Crippen LogP contribution < -0.4 is 10.1 Å². The number of nitrogens with zero attached hydrogens (tertiary/aromatic N) is 1. The Balaban J connectivity index is 2.38. The third-order valence-electron chi connectivity index (χ3n) is 4.09. The van der Waals surface area contributed by atoms with Crippen LogP contribution in [0.1, 0.15) is 12.5 Å². The molecule has 0 aliphatic heterocycles. The number of methoxy groups -OCH3 is 2. The molecule has 0 fully saturated rings. The predicted octanol–water partition coefficient (Wildman–Crippen LogP) is 2.69. The normalized spacial score (nSPS) is 12.6. The van der Waals surface area contributed by atoms with Gasteiger partial charge in [-0.3, -0.25) is 4.79 Å². The summed E-state index contributed by atoms with van der Waals surface area (Å²) in [6, 6.07) is 13.1. The third kappa shape index (κ3) is 6.43. The number of nitrogens with one attached hydrogen (secondary N) is 1. The molecular weight excluding hydrogens is 416 g/mol. The van der Waals surface area contributed by atoms with Gasteiger partial charge in [0.1, 0.15) is 10.6 Å². The summed E-state index contributed by atoms with van der Waals surface area (Å²) in [6.07, 6.45) is 0. The Kier molecular flexibility index (Phi) is 8.45. The van der Waals surface area contributed by atoms with E-state index in [1.165, 1.54) is 26.4 Å². The Morgan fingerprint density at radius 3 is 2.48 bits per heavy atom. The Hall–Kier alpha value is -2.13. The van der Waals surface area contributed by atoms with Crippen molar-refractivity contribution in [2.24, 2.45) is 0 Å². The highest BCUT2D eigenvalue weighted by Gasteiger charge is 2.30. The van der Waals surface area contributed by atoms with Crippen LogP contribution in [0.25, 0.3) is 0 Å². The average molecular weight is 441 g/mol. The van der Waals surface area contributed by atoms with Crippen LogP contribution in [0.5, 0.6) is 5.75 Å². The molecule has 0 aliphatic rings. The number of carbonyl (C=O) groups excluding carboxylic acids is 1. The van der Waals surface area contributed by atoms with Crippen LogP contribution >= 0.6 is 11.6 Å². The number of hydrogen-bond acceptors (Lipinski definition) is 5. The smallest absolute Gasteiger partial charge is 0.247 e. The van der Waals surface area contributed by atoms with E-state index in [9.17, 15) is 13.2 Å². The summed E-state index contributed by atoms with van der Waals surface area (Å²) < 4.78 is 38.1. The van der Waals surface area contributed by atoms with Gasteiger partial charge in [0.2, 0.25) is 15.9 Å². The molecule has 0 saturated heterocycles. The zero-order valence-electron chi connectivity index (χ0n) is 16.6. The molecule has 9 heteroatoms. The van der Waals surface area contributed by atoms with Gasteiger partial charge in [0, 0.05) is 24.7 Å². The molecule has 158 valence electrons. The van der Waals surface area contributed by atoms with Crippen LogP contribution in [0.2, 0.25) is 5.02 Å². The lowest BCUT2D eigenvalue weighted by Crippen LogP contribution is -2.44. The molecule has 0 spiro atoms. The summed E-state index contributed by atoms with van der Waals surface area (Å²) in [5.41, 5.74) is 0.745. The van der Waals surface area contributed by atoms with Gasteiger partial charge in [0.05, 0.1) is 20.3 Å². The molecule has 0 heterocycles. The van der Waals surface area contributed by atoms with Crippen LogP contribution in [-0.4, -0.2) is 52.0 Å². The van der Waals surface area contributed by atoms with Crippen molar-refractivity contribution in [3.8, 4) is 5.75 Å². The van der Waals surface area contributed by atoms with Crippen LogP contribution in [0.15, 0.2) is 53.4 Å². The molecule has 0 bridgehead atoms. The van der Waals surface area contributed by atoms with E-state index < -0.39 is 15.9 Å². The van der Waals surface area contributed by atoms with Crippen molar-refractivity contribution in [1.29, 1.82) is 0 Å². The second-order valence-corrected chi connectivity index (χ2v) is 8.82. The summed E-state index contributed by atoms with van der Waals surface area (Å²) in [5, 5.41) is 2.99. The summed E-state index contributed by atoms with van der Waals surface area (Å²) in [5.74, 6) is -0.282. The molecule has 2 aromatic carbocycles. The van der Waals surface area contributed by atoms with Gasteiger partial charge >= 0.3 is 0 Å². The number of amides is 1. The highest BCUT2D eigenvalue weighted by atomic mass is 35.5. The number of benzene rings is 2. The zero-order valence-corrected chi connectivity index (χ0v) is 18.2. The van der Waals surface area contributed by atoms with Gasteiger partial charge in [-0.05, 0) is 30.7 Å². The maximum absolute atomic E-state index is 13.4. The largest absolute Gasteiger partial charge is 0.495 e. The fourth-order valence-corrected chi connectivity index (χ4v) is 4.58. The van der Waals surface area contributed by atoms with E-state index in [1.807, 2.05) is 6.07 Å². The molecule has 1 N–H and O–H groups in total. The monoisotopic (exact) mass is 440 g/mol. The van der Waals surface area contributed by atoms with Gasteiger partial charge in [-0.1, -0.05) is 41.9 Å². The standard InChI is InChI=1S/C20H25ClN2O5S/c1-15(14-27-2)22-20(24)13-23(12-16-7-5-4-6-8-16)29(25,26)19-11-17(21)9-10-18(19)28-3/h4-11,15H,12-14H2,1-3H3,(H,22,24)/t15-/m1/s1. The molecule has 0 aromatic heterocycles. The molecule has 7 nitrogen and oxygen atoms in total. The Morgan fingerprint density at radius 2 is 1.86 bits per heavy atom. The minimum Gasteiger partial charge on any atom is -0.495 e. The van der Waals surface area contributed by atoms with Crippen molar-refractivity contribution in [3.05, 3.63) is 59.1 Å². The molecule has 0 aliphatic carbocycles. The molecule has 0 unspecified atom stereocenters. The van der Waals surface area contributed by atoms with E-state index in [-0.39, 0.29) is 34.8 Å². The van der Waals surface area contributed by atoms with Gasteiger partial charge in [-0.15, -0.1) is 0 Å². The van der Waals surface area contributed by atoms with Gasteiger partial charge in [0.25, 0.3) is 0 Å². The van der Waals surface area contributed by atoms with Gasteiger partial charge < -0.3 is 14.8 Å². The lowest BCUT2D eigenvalue weighted by molar-refractivity contribution is -0.122. The Morgan fingerprint density at radius 1 is 1.17 bits per heavy atom. The number of ether oxygens (including phenoxy) is 2. The van der Waals surface area contributed by atoms with Gasteiger partial charge in [0.15, 0.2) is 0 Å². The fourth-order valence-electron chi connectivity index (χ4n) is 2.78. The van der Waals surface area contributed by atoms with Crippen molar-refractivity contribution >= 4 is 27.5 Å². The van der Waals surface area contributed by atoms with Crippen molar-refractivity contribution in [1.82, 2.24) is 9.62 Å². The highest BCUT2D eigenvalue weighted by Crippen LogP contribution is 2.30. The zero-order chi connectivity index (χ0) is 21.4. The first kappa shape index (κ1) is 23.2. The number of hydrogen-bond donors (Lipinski definition) is 1. The van der Waals surface area contributed by atoms with Crippen LogP contribution in [0.3, 0.4) is 0 Å². The number of halogens is 1. The predicted molar refractivity (Wildman–Crippen MR) is 112 cm³/mol. The van der Waals surface area contributed by atoms with E-state index >= 15 is 0 Å².